The van der Waals surface area contributed by atoms with Crippen molar-refractivity contribution < 1.29 is 4.74 Å². The normalized spacial score (nSPS) is 10.7. The average molecular weight is 241 g/mol. The zero-order chi connectivity index (χ0) is 12.4. The summed E-state index contributed by atoms with van der Waals surface area (Å²) in [6.07, 6.45) is 5.13. The second kappa shape index (κ2) is 4.33. The summed E-state index contributed by atoms with van der Waals surface area (Å²) in [5, 5.41) is 4.27. The summed E-state index contributed by atoms with van der Waals surface area (Å²) < 4.78 is 7.16. The van der Waals surface area contributed by atoms with Crippen LogP contribution in [-0.4, -0.2) is 19.6 Å². The molecule has 3 rings (SSSR count). The van der Waals surface area contributed by atoms with Gasteiger partial charge in [0.2, 0.25) is 0 Å². The SMILES string of the molecule is Nc1cccn2nc(COc3cccnc3)nc12. The Kier molecular flexibility index (Phi) is 2.53. The Hall–Kier alpha value is -2.63. The van der Waals surface area contributed by atoms with Crippen LogP contribution in [0.1, 0.15) is 5.82 Å². The van der Waals surface area contributed by atoms with Crippen LogP contribution in [0.2, 0.25) is 0 Å². The van der Waals surface area contributed by atoms with E-state index in [9.17, 15) is 0 Å². The first-order chi connectivity index (χ1) is 8.83. The number of hydrogen-bond acceptors (Lipinski definition) is 5. The maximum Gasteiger partial charge on any atom is 0.189 e. The van der Waals surface area contributed by atoms with Crippen LogP contribution >= 0.6 is 0 Å². The van der Waals surface area contributed by atoms with Crippen LogP contribution in [0, 0.1) is 0 Å². The van der Waals surface area contributed by atoms with Crippen LogP contribution < -0.4 is 10.5 Å². The Morgan fingerprint density at radius 1 is 1.28 bits per heavy atom. The third kappa shape index (κ3) is 1.95. The van der Waals surface area contributed by atoms with Crippen LogP contribution in [0.15, 0.2) is 42.9 Å². The molecular formula is C12H11N5O. The van der Waals surface area contributed by atoms with Crippen molar-refractivity contribution in [2.75, 3.05) is 5.73 Å². The van der Waals surface area contributed by atoms with Gasteiger partial charge in [-0.2, -0.15) is 0 Å². The van der Waals surface area contributed by atoms with Crippen LogP contribution in [0.4, 0.5) is 5.69 Å². The van der Waals surface area contributed by atoms with Crippen molar-refractivity contribution in [3.8, 4) is 5.75 Å². The van der Waals surface area contributed by atoms with E-state index in [0.29, 0.717) is 22.9 Å². The molecule has 0 aliphatic heterocycles. The highest BCUT2D eigenvalue weighted by Gasteiger charge is 2.06. The van der Waals surface area contributed by atoms with Gasteiger partial charge in [-0.1, -0.05) is 0 Å². The lowest BCUT2D eigenvalue weighted by atomic mass is 10.4. The summed E-state index contributed by atoms with van der Waals surface area (Å²) in [7, 11) is 0. The number of pyridine rings is 2. The molecule has 0 aliphatic rings. The maximum atomic E-state index is 5.80. The molecule has 0 unspecified atom stereocenters. The van der Waals surface area contributed by atoms with Crippen LogP contribution in [0.3, 0.4) is 0 Å². The van der Waals surface area contributed by atoms with Gasteiger partial charge in [0.25, 0.3) is 0 Å². The number of nitrogens with two attached hydrogens (primary N) is 1. The zero-order valence-corrected chi connectivity index (χ0v) is 9.52. The molecule has 0 saturated heterocycles. The standard InChI is InChI=1S/C12H11N5O/c13-10-4-2-6-17-12(10)15-11(16-17)8-18-9-3-1-5-14-7-9/h1-7H,8,13H2. The Bertz CT molecular complexity index is 665. The zero-order valence-electron chi connectivity index (χ0n) is 9.52. The van der Waals surface area contributed by atoms with Gasteiger partial charge in [-0.15, -0.1) is 5.10 Å². The molecule has 18 heavy (non-hydrogen) atoms. The molecule has 0 amide bonds. The van der Waals surface area contributed by atoms with Crippen molar-refractivity contribution >= 4 is 11.3 Å². The lowest BCUT2D eigenvalue weighted by Crippen LogP contribution is -1.98. The number of anilines is 1. The van der Waals surface area contributed by atoms with E-state index in [1.165, 1.54) is 0 Å². The number of aromatic nitrogens is 4. The minimum absolute atomic E-state index is 0.285. The summed E-state index contributed by atoms with van der Waals surface area (Å²) in [4.78, 5) is 8.27. The summed E-state index contributed by atoms with van der Waals surface area (Å²) in [5.41, 5.74) is 7.04. The van der Waals surface area contributed by atoms with E-state index >= 15 is 0 Å². The molecule has 90 valence electrons. The minimum Gasteiger partial charge on any atom is -0.484 e. The van der Waals surface area contributed by atoms with E-state index in [-0.39, 0.29) is 6.61 Å². The second-order valence-corrected chi connectivity index (χ2v) is 3.74. The van der Waals surface area contributed by atoms with Crippen molar-refractivity contribution in [2.45, 2.75) is 6.61 Å². The van der Waals surface area contributed by atoms with Gasteiger partial charge in [-0.25, -0.2) is 9.50 Å². The third-order valence-electron chi connectivity index (χ3n) is 2.44. The second-order valence-electron chi connectivity index (χ2n) is 3.74. The molecule has 0 aliphatic carbocycles. The van der Waals surface area contributed by atoms with Gasteiger partial charge < -0.3 is 10.5 Å². The first-order valence-electron chi connectivity index (χ1n) is 5.45. The highest BCUT2D eigenvalue weighted by Crippen LogP contribution is 2.12. The van der Waals surface area contributed by atoms with Crippen molar-refractivity contribution in [3.63, 3.8) is 0 Å². The Morgan fingerprint density at radius 3 is 3.00 bits per heavy atom. The molecule has 6 heteroatoms. The number of hydrogen-bond donors (Lipinski definition) is 1. The molecule has 0 fully saturated rings. The first kappa shape index (κ1) is 10.5. The molecule has 3 aromatic rings. The molecular weight excluding hydrogens is 230 g/mol. The predicted octanol–water partition coefficient (Wildman–Crippen LogP) is 1.29. The van der Waals surface area contributed by atoms with Gasteiger partial charge >= 0.3 is 0 Å². The van der Waals surface area contributed by atoms with Crippen molar-refractivity contribution in [2.24, 2.45) is 0 Å². The summed E-state index contributed by atoms with van der Waals surface area (Å²) >= 11 is 0. The monoisotopic (exact) mass is 241 g/mol. The molecule has 3 aromatic heterocycles. The topological polar surface area (TPSA) is 78.3 Å². The van der Waals surface area contributed by atoms with Crippen molar-refractivity contribution in [1.29, 1.82) is 0 Å². The average Bonchev–Trinajstić information content (AvgIpc) is 2.82. The fourth-order valence-electron chi connectivity index (χ4n) is 1.61. The summed E-state index contributed by atoms with van der Waals surface area (Å²) in [5.74, 6) is 1.26. The van der Waals surface area contributed by atoms with Crippen LogP contribution in [0.5, 0.6) is 5.75 Å². The highest BCUT2D eigenvalue weighted by atomic mass is 16.5. The van der Waals surface area contributed by atoms with Crippen molar-refractivity contribution in [3.05, 3.63) is 48.7 Å². The van der Waals surface area contributed by atoms with Crippen LogP contribution in [-0.2, 0) is 6.61 Å². The lowest BCUT2D eigenvalue weighted by molar-refractivity contribution is 0.295. The van der Waals surface area contributed by atoms with E-state index in [4.69, 9.17) is 10.5 Å². The largest absolute Gasteiger partial charge is 0.484 e. The summed E-state index contributed by atoms with van der Waals surface area (Å²) in [6, 6.07) is 7.25. The third-order valence-corrected chi connectivity index (χ3v) is 2.44. The molecule has 6 nitrogen and oxygen atoms in total. The molecule has 0 atom stereocenters. The van der Waals surface area contributed by atoms with Gasteiger partial charge in [0.15, 0.2) is 11.5 Å². The predicted molar refractivity (Wildman–Crippen MR) is 66.0 cm³/mol. The van der Waals surface area contributed by atoms with E-state index in [1.807, 2.05) is 18.2 Å². The smallest absolute Gasteiger partial charge is 0.189 e. The fraction of sp³-hybridized carbons (Fsp3) is 0.0833. The Morgan fingerprint density at radius 2 is 2.22 bits per heavy atom. The molecule has 0 bridgehead atoms. The van der Waals surface area contributed by atoms with Gasteiger partial charge in [0, 0.05) is 12.4 Å². The molecule has 0 radical (unpaired) electrons. The highest BCUT2D eigenvalue weighted by molar-refractivity contribution is 5.63. The molecule has 2 N–H and O–H groups in total. The quantitative estimate of drug-likeness (QED) is 0.747. The molecule has 0 aromatic carbocycles. The number of fused-ring (bicyclic) bond motifs is 1. The number of nitrogens with zero attached hydrogens (tertiary/aromatic N) is 4. The van der Waals surface area contributed by atoms with Crippen LogP contribution in [0.25, 0.3) is 5.65 Å². The Balaban J connectivity index is 1.81. The number of nitrogen functional groups attached to an aromatic ring is 1. The van der Waals surface area contributed by atoms with Gasteiger partial charge in [-0.05, 0) is 24.3 Å². The first-order valence-corrected chi connectivity index (χ1v) is 5.45. The number of ether oxygens (including phenoxy) is 1. The molecule has 3 heterocycles. The van der Waals surface area contributed by atoms with E-state index < -0.39 is 0 Å². The van der Waals surface area contributed by atoms with Gasteiger partial charge in [0.05, 0.1) is 11.9 Å². The van der Waals surface area contributed by atoms with E-state index in [0.717, 1.165) is 0 Å². The lowest BCUT2D eigenvalue weighted by Gasteiger charge is -2.00. The van der Waals surface area contributed by atoms with Crippen molar-refractivity contribution in [1.82, 2.24) is 19.6 Å². The van der Waals surface area contributed by atoms with Gasteiger partial charge in [0.1, 0.15) is 12.4 Å². The fourth-order valence-corrected chi connectivity index (χ4v) is 1.61. The number of rotatable bonds is 3. The molecule has 0 saturated carbocycles. The summed E-state index contributed by atoms with van der Waals surface area (Å²) in [6.45, 7) is 0.285. The van der Waals surface area contributed by atoms with E-state index in [2.05, 4.69) is 15.1 Å². The van der Waals surface area contributed by atoms with E-state index in [1.54, 1.807) is 29.2 Å². The maximum absolute atomic E-state index is 5.80. The molecule has 0 spiro atoms. The Labute approximate surface area is 103 Å². The minimum atomic E-state index is 0.285. The van der Waals surface area contributed by atoms with Gasteiger partial charge in [-0.3, -0.25) is 4.98 Å².